The fourth-order valence-electron chi connectivity index (χ4n) is 2.06. The first-order valence-electron chi connectivity index (χ1n) is 6.08. The van der Waals surface area contributed by atoms with Crippen LogP contribution >= 0.6 is 11.6 Å². The third-order valence-corrected chi connectivity index (χ3v) is 3.51. The molecule has 0 aliphatic rings. The molecule has 0 aliphatic heterocycles. The quantitative estimate of drug-likeness (QED) is 0.832. The summed E-state index contributed by atoms with van der Waals surface area (Å²) in [6.45, 7) is 0. The van der Waals surface area contributed by atoms with Crippen molar-refractivity contribution in [1.82, 2.24) is 5.32 Å². The van der Waals surface area contributed by atoms with Gasteiger partial charge in [0.1, 0.15) is 5.82 Å². The van der Waals surface area contributed by atoms with Crippen LogP contribution in [0, 0.1) is 17.5 Å². The lowest BCUT2D eigenvalue weighted by Crippen LogP contribution is -2.20. The van der Waals surface area contributed by atoms with Crippen molar-refractivity contribution in [2.24, 2.45) is 0 Å². The summed E-state index contributed by atoms with van der Waals surface area (Å²) < 4.78 is 40.0. The highest BCUT2D eigenvalue weighted by atomic mass is 35.5. The number of hydrogen-bond donors (Lipinski definition) is 1. The molecule has 0 saturated carbocycles. The number of rotatable bonds is 4. The number of nitrogens with one attached hydrogen (secondary N) is 1. The second-order valence-electron chi connectivity index (χ2n) is 4.42. The summed E-state index contributed by atoms with van der Waals surface area (Å²) in [7, 11) is 1.63. The Balaban J connectivity index is 2.34. The second kappa shape index (κ2) is 6.29. The SMILES string of the molecule is CNC(Cc1ccccc1Cl)c1cc(F)c(F)cc1F. The van der Waals surface area contributed by atoms with E-state index in [0.29, 0.717) is 17.5 Å². The Labute approximate surface area is 120 Å². The predicted molar refractivity (Wildman–Crippen MR) is 73.3 cm³/mol. The van der Waals surface area contributed by atoms with Crippen LogP contribution in [0.5, 0.6) is 0 Å². The lowest BCUT2D eigenvalue weighted by Gasteiger charge is -2.18. The molecule has 0 aliphatic carbocycles. The minimum Gasteiger partial charge on any atom is -0.313 e. The Morgan fingerprint density at radius 3 is 2.35 bits per heavy atom. The molecule has 1 unspecified atom stereocenters. The smallest absolute Gasteiger partial charge is 0.161 e. The van der Waals surface area contributed by atoms with E-state index in [1.807, 2.05) is 12.1 Å². The highest BCUT2D eigenvalue weighted by molar-refractivity contribution is 6.31. The molecule has 0 amide bonds. The minimum absolute atomic E-state index is 0.0753. The summed E-state index contributed by atoms with van der Waals surface area (Å²) in [4.78, 5) is 0. The van der Waals surface area contributed by atoms with Gasteiger partial charge in [-0.05, 0) is 31.2 Å². The van der Waals surface area contributed by atoms with Gasteiger partial charge in [-0.2, -0.15) is 0 Å². The minimum atomic E-state index is -1.20. The highest BCUT2D eigenvalue weighted by Gasteiger charge is 2.18. The summed E-state index contributed by atoms with van der Waals surface area (Å²) >= 11 is 6.05. The molecular weight excluding hydrogens is 287 g/mol. The molecule has 0 spiro atoms. The van der Waals surface area contributed by atoms with Crippen LogP contribution in [0.3, 0.4) is 0 Å². The number of likely N-dealkylation sites (N-methyl/N-ethyl adjacent to an activating group) is 1. The van der Waals surface area contributed by atoms with Crippen LogP contribution in [0.15, 0.2) is 36.4 Å². The van der Waals surface area contributed by atoms with Crippen molar-refractivity contribution in [3.63, 3.8) is 0 Å². The lowest BCUT2D eigenvalue weighted by atomic mass is 9.98. The first-order chi connectivity index (χ1) is 9.52. The van der Waals surface area contributed by atoms with Gasteiger partial charge in [0.05, 0.1) is 0 Å². The van der Waals surface area contributed by atoms with E-state index in [1.54, 1.807) is 19.2 Å². The van der Waals surface area contributed by atoms with Crippen LogP contribution < -0.4 is 5.32 Å². The molecule has 20 heavy (non-hydrogen) atoms. The van der Waals surface area contributed by atoms with E-state index in [4.69, 9.17) is 11.6 Å². The average Bonchev–Trinajstić information content (AvgIpc) is 2.42. The van der Waals surface area contributed by atoms with Crippen LogP contribution in [0.1, 0.15) is 17.2 Å². The molecule has 2 aromatic carbocycles. The summed E-state index contributed by atoms with van der Waals surface area (Å²) in [5.74, 6) is -3.05. The summed E-state index contributed by atoms with van der Waals surface area (Å²) in [5, 5.41) is 3.45. The Hall–Kier alpha value is -1.52. The van der Waals surface area contributed by atoms with E-state index < -0.39 is 23.5 Å². The zero-order valence-corrected chi connectivity index (χ0v) is 11.5. The van der Waals surface area contributed by atoms with Crippen molar-refractivity contribution in [3.05, 3.63) is 70.0 Å². The van der Waals surface area contributed by atoms with Gasteiger partial charge < -0.3 is 5.32 Å². The Morgan fingerprint density at radius 2 is 1.70 bits per heavy atom. The number of halogens is 4. The highest BCUT2D eigenvalue weighted by Crippen LogP contribution is 2.26. The molecular formula is C15H13ClF3N. The van der Waals surface area contributed by atoms with E-state index >= 15 is 0 Å². The first kappa shape index (κ1) is 14.9. The van der Waals surface area contributed by atoms with Crippen LogP contribution in [0.2, 0.25) is 5.02 Å². The van der Waals surface area contributed by atoms with Crippen LogP contribution in [-0.2, 0) is 6.42 Å². The maximum atomic E-state index is 13.8. The molecule has 0 aromatic heterocycles. The fourth-order valence-corrected chi connectivity index (χ4v) is 2.27. The summed E-state index contributed by atoms with van der Waals surface area (Å²) in [5.41, 5.74) is 0.879. The van der Waals surface area contributed by atoms with Crippen molar-refractivity contribution in [3.8, 4) is 0 Å². The topological polar surface area (TPSA) is 12.0 Å². The van der Waals surface area contributed by atoms with Gasteiger partial charge in [0, 0.05) is 22.7 Å². The van der Waals surface area contributed by atoms with E-state index in [-0.39, 0.29) is 5.56 Å². The van der Waals surface area contributed by atoms with Crippen molar-refractivity contribution < 1.29 is 13.2 Å². The van der Waals surface area contributed by atoms with Crippen LogP contribution in [0.25, 0.3) is 0 Å². The van der Waals surface area contributed by atoms with E-state index in [2.05, 4.69) is 5.32 Å². The van der Waals surface area contributed by atoms with Gasteiger partial charge in [-0.3, -0.25) is 0 Å². The van der Waals surface area contributed by atoms with Crippen molar-refractivity contribution in [2.75, 3.05) is 7.05 Å². The summed E-state index contributed by atoms with van der Waals surface area (Å²) in [6.07, 6.45) is 0.373. The molecule has 0 radical (unpaired) electrons. The predicted octanol–water partition coefficient (Wildman–Crippen LogP) is 4.26. The van der Waals surface area contributed by atoms with Crippen LogP contribution in [0.4, 0.5) is 13.2 Å². The fraction of sp³-hybridized carbons (Fsp3) is 0.200. The van der Waals surface area contributed by atoms with Gasteiger partial charge in [-0.15, -0.1) is 0 Å². The Kier molecular flexibility index (Phi) is 4.68. The molecule has 2 rings (SSSR count). The molecule has 1 N–H and O–H groups in total. The number of benzene rings is 2. The normalized spacial score (nSPS) is 12.4. The molecule has 2 aromatic rings. The van der Waals surface area contributed by atoms with E-state index in [0.717, 1.165) is 11.6 Å². The lowest BCUT2D eigenvalue weighted by molar-refractivity contribution is 0.474. The number of hydrogen-bond acceptors (Lipinski definition) is 1. The largest absolute Gasteiger partial charge is 0.313 e. The molecule has 1 nitrogen and oxygen atoms in total. The van der Waals surface area contributed by atoms with Gasteiger partial charge in [0.15, 0.2) is 11.6 Å². The monoisotopic (exact) mass is 299 g/mol. The first-order valence-corrected chi connectivity index (χ1v) is 6.46. The Morgan fingerprint density at radius 1 is 1.05 bits per heavy atom. The molecule has 106 valence electrons. The molecule has 0 fully saturated rings. The maximum absolute atomic E-state index is 13.8. The zero-order valence-electron chi connectivity index (χ0n) is 10.8. The van der Waals surface area contributed by atoms with Crippen molar-refractivity contribution in [2.45, 2.75) is 12.5 Å². The zero-order chi connectivity index (χ0) is 14.7. The molecule has 1 atom stereocenters. The average molecular weight is 300 g/mol. The van der Waals surface area contributed by atoms with Gasteiger partial charge in [0.25, 0.3) is 0 Å². The third-order valence-electron chi connectivity index (χ3n) is 3.15. The van der Waals surface area contributed by atoms with Gasteiger partial charge in [-0.1, -0.05) is 29.8 Å². The standard InChI is InChI=1S/C15H13ClF3N/c1-20-15(6-9-4-2-3-5-11(9)16)10-7-13(18)14(19)8-12(10)17/h2-5,7-8,15,20H,6H2,1H3. The van der Waals surface area contributed by atoms with E-state index in [9.17, 15) is 13.2 Å². The second-order valence-corrected chi connectivity index (χ2v) is 4.83. The molecule has 0 saturated heterocycles. The molecule has 0 heterocycles. The Bertz CT molecular complexity index is 616. The third kappa shape index (κ3) is 3.14. The maximum Gasteiger partial charge on any atom is 0.161 e. The summed E-state index contributed by atoms with van der Waals surface area (Å²) in [6, 6.07) is 8.08. The van der Waals surface area contributed by atoms with Crippen molar-refractivity contribution in [1.29, 1.82) is 0 Å². The van der Waals surface area contributed by atoms with Gasteiger partial charge in [-0.25, -0.2) is 13.2 Å². The molecule has 0 bridgehead atoms. The molecule has 5 heteroatoms. The van der Waals surface area contributed by atoms with Gasteiger partial charge in [0.2, 0.25) is 0 Å². The van der Waals surface area contributed by atoms with Gasteiger partial charge >= 0.3 is 0 Å². The van der Waals surface area contributed by atoms with E-state index in [1.165, 1.54) is 0 Å². The van der Waals surface area contributed by atoms with Crippen molar-refractivity contribution >= 4 is 11.6 Å². The van der Waals surface area contributed by atoms with Crippen LogP contribution in [-0.4, -0.2) is 7.05 Å².